The van der Waals surface area contributed by atoms with Crippen molar-refractivity contribution in [1.29, 1.82) is 0 Å². The molecule has 1 aromatic rings. The van der Waals surface area contributed by atoms with E-state index in [0.717, 1.165) is 0 Å². The summed E-state index contributed by atoms with van der Waals surface area (Å²) in [4.78, 5) is 25.5. The van der Waals surface area contributed by atoms with Crippen molar-refractivity contribution < 1.29 is 62.1 Å². The Morgan fingerprint density at radius 2 is 1.15 bits per heavy atom. The van der Waals surface area contributed by atoms with E-state index in [1.807, 2.05) is 0 Å². The van der Waals surface area contributed by atoms with Crippen LogP contribution in [0.25, 0.3) is 0 Å². The molecular formula is C28H40O13. The highest BCUT2D eigenvalue weighted by Crippen LogP contribution is 2.50. The van der Waals surface area contributed by atoms with Crippen molar-refractivity contribution in [1.82, 2.24) is 0 Å². The summed E-state index contributed by atoms with van der Waals surface area (Å²) in [5.41, 5.74) is 0.377. The van der Waals surface area contributed by atoms with Gasteiger partial charge in [-0.2, -0.15) is 0 Å². The molecule has 41 heavy (non-hydrogen) atoms. The van der Waals surface area contributed by atoms with Gasteiger partial charge in [-0.3, -0.25) is 4.79 Å². The van der Waals surface area contributed by atoms with E-state index in [1.165, 1.54) is 35.4 Å². The maximum atomic E-state index is 13.6. The number of rotatable bonds is 8. The lowest BCUT2D eigenvalue weighted by atomic mass is 9.81. The molecule has 3 aliphatic rings. The van der Waals surface area contributed by atoms with Gasteiger partial charge in [0.2, 0.25) is 29.3 Å². The van der Waals surface area contributed by atoms with E-state index in [1.54, 1.807) is 58.0 Å². The molecule has 0 amide bonds. The van der Waals surface area contributed by atoms with E-state index >= 15 is 0 Å². The van der Waals surface area contributed by atoms with Crippen LogP contribution >= 0.6 is 0 Å². The second-order valence-corrected chi connectivity index (χ2v) is 10.7. The van der Waals surface area contributed by atoms with Crippen LogP contribution in [0, 0.1) is 0 Å². The quantitative estimate of drug-likeness (QED) is 0.442. The summed E-state index contributed by atoms with van der Waals surface area (Å²) < 4.78 is 59.3. The van der Waals surface area contributed by atoms with Crippen LogP contribution in [0.3, 0.4) is 0 Å². The molecular weight excluding hydrogens is 544 g/mol. The minimum atomic E-state index is -1.52. The smallest absolute Gasteiger partial charge is 0.352 e. The highest BCUT2D eigenvalue weighted by Gasteiger charge is 2.70. The summed E-state index contributed by atoms with van der Waals surface area (Å²) in [5.74, 6) is -7.56. The molecule has 13 heteroatoms. The first kappa shape index (κ1) is 31.7. The van der Waals surface area contributed by atoms with Crippen molar-refractivity contribution in [2.24, 2.45) is 0 Å². The third-order valence-corrected chi connectivity index (χ3v) is 8.47. The summed E-state index contributed by atoms with van der Waals surface area (Å²) in [6.07, 6.45) is -8.68. The second kappa shape index (κ2) is 11.5. The van der Waals surface area contributed by atoms with Crippen LogP contribution < -0.4 is 0 Å². The number of ether oxygens (including phenoxy) is 10. The lowest BCUT2D eigenvalue weighted by Crippen LogP contribution is -2.80. The Balaban J connectivity index is 1.76. The largest absolute Gasteiger partial charge is 0.454 e. The third-order valence-electron chi connectivity index (χ3n) is 8.47. The van der Waals surface area contributed by atoms with E-state index in [4.69, 9.17) is 47.4 Å². The number of esters is 2. The second-order valence-electron chi connectivity index (χ2n) is 10.7. The molecule has 3 fully saturated rings. The van der Waals surface area contributed by atoms with Gasteiger partial charge in [-0.05, 0) is 27.7 Å². The van der Waals surface area contributed by atoms with Crippen molar-refractivity contribution in [2.75, 3.05) is 28.4 Å². The molecule has 2 aliphatic heterocycles. The average Bonchev–Trinajstić information content (AvgIpc) is 2.96. The molecule has 1 saturated carbocycles. The number of methoxy groups -OCH3 is 4. The van der Waals surface area contributed by atoms with Gasteiger partial charge < -0.3 is 52.5 Å². The predicted molar refractivity (Wildman–Crippen MR) is 138 cm³/mol. The Labute approximate surface area is 239 Å². The molecule has 1 aromatic carbocycles. The van der Waals surface area contributed by atoms with Gasteiger partial charge in [-0.1, -0.05) is 30.3 Å². The van der Waals surface area contributed by atoms with Gasteiger partial charge in [0.1, 0.15) is 30.5 Å². The Hall–Kier alpha value is -2.20. The molecule has 0 radical (unpaired) electrons. The van der Waals surface area contributed by atoms with Gasteiger partial charge in [-0.25, -0.2) is 4.79 Å². The molecule has 2 heterocycles. The minimum absolute atomic E-state index is 0.377. The van der Waals surface area contributed by atoms with Crippen LogP contribution in [0.4, 0.5) is 0 Å². The van der Waals surface area contributed by atoms with Crippen LogP contribution in [0.15, 0.2) is 30.3 Å². The van der Waals surface area contributed by atoms with E-state index in [0.29, 0.717) is 5.56 Å². The van der Waals surface area contributed by atoms with E-state index in [-0.39, 0.29) is 0 Å². The lowest BCUT2D eigenvalue weighted by molar-refractivity contribution is -0.510. The molecule has 0 unspecified atom stereocenters. The summed E-state index contributed by atoms with van der Waals surface area (Å²) in [5, 5.41) is 11.7. The molecule has 2 saturated heterocycles. The van der Waals surface area contributed by atoms with Gasteiger partial charge in [0.15, 0.2) is 6.10 Å². The number of aliphatic hydroxyl groups is 1. The number of aliphatic hydroxyl groups excluding tert-OH is 1. The molecule has 4 rings (SSSR count). The van der Waals surface area contributed by atoms with E-state index in [9.17, 15) is 14.7 Å². The lowest BCUT2D eigenvalue weighted by Gasteiger charge is -2.62. The molecule has 0 spiro atoms. The third kappa shape index (κ3) is 5.28. The molecule has 11 atom stereocenters. The van der Waals surface area contributed by atoms with Crippen molar-refractivity contribution in [3.63, 3.8) is 0 Å². The Bertz CT molecular complexity index is 1100. The summed E-state index contributed by atoms with van der Waals surface area (Å²) in [7, 11) is 5.67. The van der Waals surface area contributed by atoms with Gasteiger partial charge in [0.05, 0.1) is 0 Å². The standard InChI is InChI=1S/C28H40O13/c1-15(29)36-18(16-13-11-10-12-14-16)24(31)37-19-17(30)20-22(40-26(3,33-7)25(2,32-6)38-20)23-21(19)39-27(4,34-8)28(5,35-9)41-23/h10-14,17-23,30H,1-9H3/t17-,18-,19+,20-,21-,22+,23+,25+,26+,27+,28+/m1/s1. The van der Waals surface area contributed by atoms with E-state index < -0.39 is 77.8 Å². The van der Waals surface area contributed by atoms with Crippen LogP contribution in [0.5, 0.6) is 0 Å². The topological polar surface area (TPSA) is 147 Å². The summed E-state index contributed by atoms with van der Waals surface area (Å²) in [6.45, 7) is 7.62. The highest BCUT2D eigenvalue weighted by atomic mass is 16.8. The summed E-state index contributed by atoms with van der Waals surface area (Å²) >= 11 is 0. The number of carbonyl (C=O) groups excluding carboxylic acids is 2. The number of hydrogen-bond donors (Lipinski definition) is 1. The normalized spacial score (nSPS) is 42.9. The van der Waals surface area contributed by atoms with Crippen LogP contribution in [-0.4, -0.2) is 105 Å². The van der Waals surface area contributed by atoms with Gasteiger partial charge >= 0.3 is 11.9 Å². The zero-order valence-electron chi connectivity index (χ0n) is 24.8. The number of hydrogen-bond acceptors (Lipinski definition) is 13. The molecule has 1 N–H and O–H groups in total. The fourth-order valence-corrected chi connectivity index (χ4v) is 5.46. The Kier molecular flexibility index (Phi) is 8.88. The number of benzene rings is 1. The number of fused-ring (bicyclic) bond motifs is 3. The molecule has 1 aliphatic carbocycles. The first-order chi connectivity index (χ1) is 19.2. The average molecular weight is 585 g/mol. The fourth-order valence-electron chi connectivity index (χ4n) is 5.46. The SMILES string of the molecule is CO[C@@]1(C)O[C@@H]2[C@H]3O[C@](C)(OC)[C@@](C)(OC)O[C@@H]3[C@H](O)[C@H](OC(=O)[C@H](OC(C)=O)c3ccccc3)[C@H]2O[C@]1(C)OC. The number of carbonyl (C=O) groups is 2. The zero-order chi connectivity index (χ0) is 30.4. The van der Waals surface area contributed by atoms with Crippen molar-refractivity contribution in [3.8, 4) is 0 Å². The molecule has 0 aromatic heterocycles. The van der Waals surface area contributed by atoms with Gasteiger partial charge in [0.25, 0.3) is 0 Å². The first-order valence-electron chi connectivity index (χ1n) is 13.2. The fraction of sp³-hybridized carbons (Fsp3) is 0.714. The monoisotopic (exact) mass is 584 g/mol. The summed E-state index contributed by atoms with van der Waals surface area (Å²) in [6, 6.07) is 8.36. The van der Waals surface area contributed by atoms with Crippen LogP contribution in [0.1, 0.15) is 46.3 Å². The van der Waals surface area contributed by atoms with Crippen molar-refractivity contribution in [2.45, 2.75) is 100 Å². The van der Waals surface area contributed by atoms with Gasteiger partial charge in [-0.15, -0.1) is 0 Å². The van der Waals surface area contributed by atoms with Gasteiger partial charge in [0, 0.05) is 40.9 Å². The highest BCUT2D eigenvalue weighted by molar-refractivity contribution is 5.80. The molecule has 0 bridgehead atoms. The maximum absolute atomic E-state index is 13.6. The van der Waals surface area contributed by atoms with Crippen LogP contribution in [0.2, 0.25) is 0 Å². The maximum Gasteiger partial charge on any atom is 0.352 e. The minimum Gasteiger partial charge on any atom is -0.454 e. The molecule has 230 valence electrons. The van der Waals surface area contributed by atoms with Crippen molar-refractivity contribution >= 4 is 11.9 Å². The molecule has 13 nitrogen and oxygen atoms in total. The Morgan fingerprint density at radius 1 is 0.732 bits per heavy atom. The van der Waals surface area contributed by atoms with Crippen molar-refractivity contribution in [3.05, 3.63) is 35.9 Å². The Morgan fingerprint density at radius 3 is 1.59 bits per heavy atom. The zero-order valence-corrected chi connectivity index (χ0v) is 24.8. The van der Waals surface area contributed by atoms with E-state index in [2.05, 4.69) is 0 Å². The predicted octanol–water partition coefficient (Wildman–Crippen LogP) is 1.60. The first-order valence-corrected chi connectivity index (χ1v) is 13.2. The van der Waals surface area contributed by atoms with Crippen LogP contribution in [-0.2, 0) is 57.0 Å².